The first-order valence-electron chi connectivity index (χ1n) is 8.00. The first-order chi connectivity index (χ1) is 11.1. The topological polar surface area (TPSA) is 15.8 Å². The fraction of sp³-hybridized carbons (Fsp3) is 0.0952. The van der Waals surface area contributed by atoms with Crippen molar-refractivity contribution in [1.29, 1.82) is 0 Å². The van der Waals surface area contributed by atoms with E-state index < -0.39 is 8.07 Å². The third-order valence-electron chi connectivity index (χ3n) is 4.49. The molecule has 0 spiro atoms. The standard InChI is InChI=1S/C21H20NSi/c1-23(2,3)20-14-7-5-10-16(20)18-12-8-11-17-15-9-4-6-13-19(15)22-21(17)18/h4-14,22H,1H2,2-3H3. The predicted molar refractivity (Wildman–Crippen MR) is 104 cm³/mol. The second-order valence-corrected chi connectivity index (χ2v) is 11.1. The summed E-state index contributed by atoms with van der Waals surface area (Å²) in [4.78, 5) is 3.62. The van der Waals surface area contributed by atoms with Crippen LogP contribution in [0.1, 0.15) is 0 Å². The number of fused-ring (bicyclic) bond motifs is 3. The number of benzene rings is 3. The summed E-state index contributed by atoms with van der Waals surface area (Å²) in [6.45, 7) is 9.08. The first-order valence-corrected chi connectivity index (χ1v) is 11.2. The van der Waals surface area contributed by atoms with Gasteiger partial charge in [-0.05, 0) is 11.6 Å². The molecule has 0 unspecified atom stereocenters. The highest BCUT2D eigenvalue weighted by molar-refractivity contribution is 6.92. The van der Waals surface area contributed by atoms with Crippen molar-refractivity contribution in [1.82, 2.24) is 4.98 Å². The van der Waals surface area contributed by atoms with Crippen LogP contribution in [-0.4, -0.2) is 13.1 Å². The second-order valence-electron chi connectivity index (χ2n) is 6.83. The maximum atomic E-state index is 4.48. The lowest BCUT2D eigenvalue weighted by Crippen LogP contribution is -2.39. The zero-order chi connectivity index (χ0) is 16.0. The molecule has 0 amide bonds. The number of hydrogen-bond donors (Lipinski definition) is 1. The van der Waals surface area contributed by atoms with Gasteiger partial charge in [0.1, 0.15) is 0 Å². The molecule has 4 aromatic rings. The lowest BCUT2D eigenvalue weighted by molar-refractivity contribution is 1.54. The van der Waals surface area contributed by atoms with Crippen molar-refractivity contribution < 1.29 is 0 Å². The molecule has 0 atom stereocenters. The van der Waals surface area contributed by atoms with E-state index in [1.807, 2.05) is 0 Å². The lowest BCUT2D eigenvalue weighted by atomic mass is 10.0. The molecule has 0 aliphatic rings. The quantitative estimate of drug-likeness (QED) is 0.485. The van der Waals surface area contributed by atoms with Gasteiger partial charge < -0.3 is 4.98 Å². The van der Waals surface area contributed by atoms with E-state index in [4.69, 9.17) is 0 Å². The van der Waals surface area contributed by atoms with Crippen molar-refractivity contribution in [3.05, 3.63) is 73.3 Å². The molecular formula is C21H20NSi. The van der Waals surface area contributed by atoms with Crippen LogP contribution in [0.2, 0.25) is 13.1 Å². The monoisotopic (exact) mass is 314 g/mol. The van der Waals surface area contributed by atoms with Crippen LogP contribution in [-0.2, 0) is 0 Å². The Morgan fingerprint density at radius 1 is 0.739 bits per heavy atom. The predicted octanol–water partition coefficient (Wildman–Crippen LogP) is 5.28. The smallest absolute Gasteiger partial charge is 0.0811 e. The highest BCUT2D eigenvalue weighted by Crippen LogP contribution is 2.33. The van der Waals surface area contributed by atoms with Crippen LogP contribution in [0.15, 0.2) is 66.7 Å². The molecule has 0 aliphatic heterocycles. The Morgan fingerprint density at radius 3 is 2.22 bits per heavy atom. The summed E-state index contributed by atoms with van der Waals surface area (Å²) in [5.74, 6) is 0. The Bertz CT molecular complexity index is 1010. The number of aromatic amines is 1. The van der Waals surface area contributed by atoms with E-state index in [-0.39, 0.29) is 0 Å². The minimum Gasteiger partial charge on any atom is -0.354 e. The molecule has 1 aromatic heterocycles. The molecular weight excluding hydrogens is 294 g/mol. The summed E-state index contributed by atoms with van der Waals surface area (Å²) in [7, 11) is -1.65. The molecule has 2 heteroatoms. The van der Waals surface area contributed by atoms with Crippen LogP contribution in [0.4, 0.5) is 0 Å². The molecule has 1 heterocycles. The maximum Gasteiger partial charge on any atom is 0.0811 e. The van der Waals surface area contributed by atoms with Crippen molar-refractivity contribution >= 4 is 35.1 Å². The highest BCUT2D eigenvalue weighted by Gasteiger charge is 2.21. The molecule has 23 heavy (non-hydrogen) atoms. The van der Waals surface area contributed by atoms with Crippen LogP contribution in [0, 0.1) is 6.55 Å². The average Bonchev–Trinajstić information content (AvgIpc) is 2.93. The van der Waals surface area contributed by atoms with Gasteiger partial charge in [-0.2, -0.15) is 0 Å². The molecule has 0 bridgehead atoms. The zero-order valence-corrected chi connectivity index (χ0v) is 14.6. The third-order valence-corrected chi connectivity index (χ3v) is 6.38. The number of hydrogen-bond acceptors (Lipinski definition) is 0. The van der Waals surface area contributed by atoms with E-state index in [2.05, 4.69) is 91.4 Å². The average molecular weight is 314 g/mol. The molecule has 113 valence electrons. The third kappa shape index (κ3) is 2.30. The van der Waals surface area contributed by atoms with Gasteiger partial charge in [0.15, 0.2) is 0 Å². The molecule has 0 fully saturated rings. The van der Waals surface area contributed by atoms with E-state index in [0.29, 0.717) is 0 Å². The van der Waals surface area contributed by atoms with Crippen LogP contribution in [0.25, 0.3) is 32.9 Å². The number of rotatable bonds is 2. The Kier molecular flexibility index (Phi) is 3.17. The lowest BCUT2D eigenvalue weighted by Gasteiger charge is -2.21. The largest absolute Gasteiger partial charge is 0.354 e. The molecule has 1 radical (unpaired) electrons. The van der Waals surface area contributed by atoms with E-state index in [9.17, 15) is 0 Å². The highest BCUT2D eigenvalue weighted by atomic mass is 28.3. The normalized spacial score (nSPS) is 12.1. The van der Waals surface area contributed by atoms with Crippen LogP contribution in [0.3, 0.4) is 0 Å². The van der Waals surface area contributed by atoms with E-state index in [1.54, 1.807) is 0 Å². The molecule has 1 N–H and O–H groups in total. The summed E-state index contributed by atoms with van der Waals surface area (Å²) in [5.41, 5.74) is 5.01. The summed E-state index contributed by atoms with van der Waals surface area (Å²) < 4.78 is 0. The first kappa shape index (κ1) is 14.3. The molecule has 3 aromatic carbocycles. The molecule has 0 saturated heterocycles. The Balaban J connectivity index is 2.08. The number of nitrogens with one attached hydrogen (secondary N) is 1. The van der Waals surface area contributed by atoms with Gasteiger partial charge in [-0.15, -0.1) is 0 Å². The van der Waals surface area contributed by atoms with Crippen LogP contribution >= 0.6 is 0 Å². The van der Waals surface area contributed by atoms with Crippen molar-refractivity contribution in [3.8, 4) is 11.1 Å². The van der Waals surface area contributed by atoms with Crippen molar-refractivity contribution in [2.75, 3.05) is 0 Å². The van der Waals surface area contributed by atoms with Gasteiger partial charge >= 0.3 is 0 Å². The molecule has 0 aliphatic carbocycles. The van der Waals surface area contributed by atoms with Gasteiger partial charge in [-0.25, -0.2) is 0 Å². The molecule has 4 rings (SSSR count). The Labute approximate surface area is 138 Å². The fourth-order valence-electron chi connectivity index (χ4n) is 3.41. The van der Waals surface area contributed by atoms with Gasteiger partial charge in [0.2, 0.25) is 0 Å². The Morgan fingerprint density at radius 2 is 1.39 bits per heavy atom. The fourth-order valence-corrected chi connectivity index (χ4v) is 4.90. The van der Waals surface area contributed by atoms with Gasteiger partial charge in [0.25, 0.3) is 0 Å². The SMILES string of the molecule is [CH2][Si](C)(C)c1ccccc1-c1cccc2c1[nH]c1ccccc12. The number of H-pyrrole nitrogens is 1. The minimum atomic E-state index is -1.65. The maximum absolute atomic E-state index is 4.48. The molecule has 1 nitrogen and oxygen atoms in total. The summed E-state index contributed by atoms with van der Waals surface area (Å²) in [6, 6.07) is 23.8. The van der Waals surface area contributed by atoms with E-state index in [1.165, 1.54) is 38.1 Å². The summed E-state index contributed by atoms with van der Waals surface area (Å²) in [5, 5.41) is 3.98. The zero-order valence-electron chi connectivity index (χ0n) is 13.6. The Hall–Kier alpha value is -2.32. The number of aromatic nitrogens is 1. The number of para-hydroxylation sites is 2. The minimum absolute atomic E-state index is 1.19. The van der Waals surface area contributed by atoms with E-state index >= 15 is 0 Å². The van der Waals surface area contributed by atoms with Crippen molar-refractivity contribution in [2.24, 2.45) is 0 Å². The van der Waals surface area contributed by atoms with Crippen molar-refractivity contribution in [2.45, 2.75) is 13.1 Å². The van der Waals surface area contributed by atoms with Gasteiger partial charge in [0, 0.05) is 21.9 Å². The van der Waals surface area contributed by atoms with E-state index in [0.717, 1.165) is 0 Å². The summed E-state index contributed by atoms with van der Waals surface area (Å²) in [6.07, 6.45) is 0. The van der Waals surface area contributed by atoms with Crippen molar-refractivity contribution in [3.63, 3.8) is 0 Å². The van der Waals surface area contributed by atoms with Gasteiger partial charge in [0.05, 0.1) is 13.6 Å². The van der Waals surface area contributed by atoms with Crippen LogP contribution < -0.4 is 5.19 Å². The second kappa shape index (κ2) is 5.10. The van der Waals surface area contributed by atoms with Gasteiger partial charge in [-0.1, -0.05) is 85.5 Å². The van der Waals surface area contributed by atoms with Gasteiger partial charge in [-0.3, -0.25) is 0 Å². The van der Waals surface area contributed by atoms with Crippen LogP contribution in [0.5, 0.6) is 0 Å². The summed E-state index contributed by atoms with van der Waals surface area (Å²) >= 11 is 0. The molecule has 0 saturated carbocycles.